The van der Waals surface area contributed by atoms with Gasteiger partial charge < -0.3 is 5.11 Å². The maximum atomic E-state index is 11.2. The van der Waals surface area contributed by atoms with E-state index in [0.29, 0.717) is 0 Å². The van der Waals surface area contributed by atoms with Crippen molar-refractivity contribution in [3.8, 4) is 0 Å². The van der Waals surface area contributed by atoms with E-state index in [1.165, 1.54) is 5.56 Å². The molecular formula is C16H12Cl3N3O2. The second-order valence-corrected chi connectivity index (χ2v) is 6.35. The van der Waals surface area contributed by atoms with Crippen LogP contribution in [0.4, 0.5) is 5.69 Å². The van der Waals surface area contributed by atoms with Crippen LogP contribution in [0.25, 0.3) is 0 Å². The smallest absolute Gasteiger partial charge is 0.356 e. The highest BCUT2D eigenvalue weighted by Crippen LogP contribution is 2.37. The first-order valence-corrected chi connectivity index (χ1v) is 8.31. The van der Waals surface area contributed by atoms with Crippen molar-refractivity contribution < 1.29 is 9.90 Å². The minimum atomic E-state index is -1.29. The van der Waals surface area contributed by atoms with Gasteiger partial charge >= 0.3 is 5.97 Å². The molecule has 24 heavy (non-hydrogen) atoms. The predicted molar refractivity (Wildman–Crippen MR) is 95.8 cm³/mol. The van der Waals surface area contributed by atoms with Gasteiger partial charge in [0.1, 0.15) is 10.0 Å². The number of pyridine rings is 1. The Balaban J connectivity index is 2.00. The van der Waals surface area contributed by atoms with E-state index in [-0.39, 0.29) is 26.6 Å². The predicted octanol–water partition coefficient (Wildman–Crippen LogP) is 4.89. The standard InChI is InChI=1S/C16H12Cl3N3O2/c17-11-13(12(18)15(19)20-14(11)16(23)24)22-21-10-7-3-5-8-4-1-2-6-9(8)10/h1-2,4,6H,3,5,7H2,(H,20,22)(H,23,24)/b21-10-. The second kappa shape index (κ2) is 6.97. The number of fused-ring (bicyclic) bond motifs is 1. The SMILES string of the molecule is O=C(O)c1nc(Cl)c(Cl)c(N/N=C2/CCCc3ccccc32)c1Cl. The second-order valence-electron chi connectivity index (χ2n) is 5.24. The van der Waals surface area contributed by atoms with Gasteiger partial charge in [0, 0.05) is 5.56 Å². The molecule has 1 aromatic carbocycles. The molecule has 5 nitrogen and oxygen atoms in total. The number of carboxylic acid groups (broad SMARTS) is 1. The Bertz CT molecular complexity index is 853. The van der Waals surface area contributed by atoms with Gasteiger partial charge in [0.25, 0.3) is 0 Å². The first-order chi connectivity index (χ1) is 11.5. The molecule has 0 atom stereocenters. The minimum Gasteiger partial charge on any atom is -0.476 e. The molecule has 2 aromatic rings. The highest BCUT2D eigenvalue weighted by atomic mass is 35.5. The van der Waals surface area contributed by atoms with Gasteiger partial charge in [-0.2, -0.15) is 5.10 Å². The zero-order valence-corrected chi connectivity index (χ0v) is 14.6. The molecule has 0 unspecified atom stereocenters. The van der Waals surface area contributed by atoms with Crippen LogP contribution < -0.4 is 5.43 Å². The summed E-state index contributed by atoms with van der Waals surface area (Å²) in [6.07, 6.45) is 2.78. The van der Waals surface area contributed by atoms with Crippen LogP contribution in [0.15, 0.2) is 29.4 Å². The summed E-state index contributed by atoms with van der Waals surface area (Å²) in [6, 6.07) is 8.01. The van der Waals surface area contributed by atoms with Crippen LogP contribution in [0.2, 0.25) is 15.2 Å². The first-order valence-electron chi connectivity index (χ1n) is 7.17. The number of nitrogens with one attached hydrogen (secondary N) is 1. The summed E-state index contributed by atoms with van der Waals surface area (Å²) in [4.78, 5) is 14.9. The van der Waals surface area contributed by atoms with Gasteiger partial charge in [0.15, 0.2) is 10.8 Å². The van der Waals surface area contributed by atoms with Crippen molar-refractivity contribution in [1.29, 1.82) is 0 Å². The summed E-state index contributed by atoms with van der Waals surface area (Å²) < 4.78 is 0. The summed E-state index contributed by atoms with van der Waals surface area (Å²) in [5.74, 6) is -1.29. The number of benzene rings is 1. The Labute approximate surface area is 153 Å². The summed E-state index contributed by atoms with van der Waals surface area (Å²) in [5, 5.41) is 13.3. The lowest BCUT2D eigenvalue weighted by Gasteiger charge is -2.18. The molecule has 1 heterocycles. The number of rotatable bonds is 3. The third-order valence-electron chi connectivity index (χ3n) is 3.73. The van der Waals surface area contributed by atoms with Crippen LogP contribution in [0.5, 0.6) is 0 Å². The maximum Gasteiger partial charge on any atom is 0.356 e. The Kier molecular flexibility index (Phi) is 4.94. The number of aromatic nitrogens is 1. The number of hydrazone groups is 1. The molecule has 0 aliphatic heterocycles. The maximum absolute atomic E-state index is 11.2. The van der Waals surface area contributed by atoms with E-state index in [2.05, 4.69) is 21.6 Å². The highest BCUT2D eigenvalue weighted by Gasteiger charge is 2.21. The molecule has 0 amide bonds. The van der Waals surface area contributed by atoms with Gasteiger partial charge in [0.05, 0.1) is 11.4 Å². The van der Waals surface area contributed by atoms with E-state index < -0.39 is 5.97 Å². The zero-order chi connectivity index (χ0) is 17.3. The van der Waals surface area contributed by atoms with Crippen molar-refractivity contribution >= 4 is 52.2 Å². The van der Waals surface area contributed by atoms with E-state index in [9.17, 15) is 4.79 Å². The fraction of sp³-hybridized carbons (Fsp3) is 0.188. The lowest BCUT2D eigenvalue weighted by atomic mass is 9.90. The third-order valence-corrected chi connectivity index (χ3v) is 4.84. The summed E-state index contributed by atoms with van der Waals surface area (Å²) >= 11 is 18.1. The van der Waals surface area contributed by atoms with Gasteiger partial charge in [0.2, 0.25) is 0 Å². The minimum absolute atomic E-state index is 0.0279. The number of anilines is 1. The molecule has 0 bridgehead atoms. The average Bonchev–Trinajstić information content (AvgIpc) is 2.58. The number of carboxylic acids is 1. The topological polar surface area (TPSA) is 74.6 Å². The van der Waals surface area contributed by atoms with Crippen LogP contribution in [0, 0.1) is 0 Å². The molecule has 0 saturated carbocycles. The van der Waals surface area contributed by atoms with Gasteiger partial charge in [-0.3, -0.25) is 5.43 Å². The van der Waals surface area contributed by atoms with E-state index in [1.54, 1.807) is 0 Å². The largest absolute Gasteiger partial charge is 0.476 e. The van der Waals surface area contributed by atoms with Gasteiger partial charge in [-0.25, -0.2) is 9.78 Å². The van der Waals surface area contributed by atoms with Gasteiger partial charge in [-0.15, -0.1) is 0 Å². The van der Waals surface area contributed by atoms with Crippen molar-refractivity contribution in [2.45, 2.75) is 19.3 Å². The van der Waals surface area contributed by atoms with E-state index in [4.69, 9.17) is 39.9 Å². The van der Waals surface area contributed by atoms with Gasteiger partial charge in [-0.1, -0.05) is 59.1 Å². The Morgan fingerprint density at radius 3 is 2.67 bits per heavy atom. The molecule has 0 radical (unpaired) electrons. The number of aromatic carboxylic acids is 1. The zero-order valence-electron chi connectivity index (χ0n) is 12.3. The van der Waals surface area contributed by atoms with E-state index in [0.717, 1.165) is 30.5 Å². The molecule has 2 N–H and O–H groups in total. The molecule has 1 aromatic heterocycles. The third kappa shape index (κ3) is 3.20. The Morgan fingerprint density at radius 1 is 1.17 bits per heavy atom. The number of hydrogen-bond donors (Lipinski definition) is 2. The molecule has 3 rings (SSSR count). The van der Waals surface area contributed by atoms with E-state index >= 15 is 0 Å². The van der Waals surface area contributed by atoms with E-state index in [1.807, 2.05) is 18.2 Å². The van der Waals surface area contributed by atoms with Crippen LogP contribution in [-0.4, -0.2) is 21.8 Å². The molecule has 0 saturated heterocycles. The van der Waals surface area contributed by atoms with Crippen molar-refractivity contribution in [3.63, 3.8) is 0 Å². The average molecular weight is 385 g/mol. The normalized spacial score (nSPS) is 15.2. The fourth-order valence-corrected chi connectivity index (χ4v) is 3.26. The molecule has 0 fully saturated rings. The number of hydrogen-bond acceptors (Lipinski definition) is 4. The van der Waals surface area contributed by atoms with Crippen molar-refractivity contribution in [1.82, 2.24) is 4.98 Å². The van der Waals surface area contributed by atoms with Crippen molar-refractivity contribution in [2.75, 3.05) is 5.43 Å². The quantitative estimate of drug-likeness (QED) is 0.583. The molecule has 1 aliphatic carbocycles. The monoisotopic (exact) mass is 383 g/mol. The summed E-state index contributed by atoms with van der Waals surface area (Å²) in [7, 11) is 0. The van der Waals surface area contributed by atoms with Gasteiger partial charge in [-0.05, 0) is 24.8 Å². The molecule has 1 aliphatic rings. The molecule has 8 heteroatoms. The lowest BCUT2D eigenvalue weighted by molar-refractivity contribution is 0.0691. The number of halogens is 3. The summed E-state index contributed by atoms with van der Waals surface area (Å²) in [5.41, 5.74) is 5.65. The van der Waals surface area contributed by atoms with Crippen molar-refractivity contribution in [2.24, 2.45) is 5.10 Å². The molecular weight excluding hydrogens is 373 g/mol. The van der Waals surface area contributed by atoms with Crippen molar-refractivity contribution in [3.05, 3.63) is 56.3 Å². The summed E-state index contributed by atoms with van der Waals surface area (Å²) in [6.45, 7) is 0. The molecule has 0 spiro atoms. The number of aryl methyl sites for hydroxylation is 1. The highest BCUT2D eigenvalue weighted by molar-refractivity contribution is 6.46. The van der Waals surface area contributed by atoms with Crippen LogP contribution >= 0.6 is 34.8 Å². The van der Waals surface area contributed by atoms with Crippen LogP contribution in [0.3, 0.4) is 0 Å². The molecule has 124 valence electrons. The Hall–Kier alpha value is -1.82. The van der Waals surface area contributed by atoms with Crippen LogP contribution in [-0.2, 0) is 6.42 Å². The lowest BCUT2D eigenvalue weighted by Crippen LogP contribution is -2.14. The first kappa shape index (κ1) is 17.0. The number of carbonyl (C=O) groups is 1. The Morgan fingerprint density at radius 2 is 1.92 bits per heavy atom. The van der Waals surface area contributed by atoms with Crippen LogP contribution in [0.1, 0.15) is 34.5 Å². The fourth-order valence-electron chi connectivity index (χ4n) is 2.59. The number of nitrogens with zero attached hydrogens (tertiary/aromatic N) is 2.